The minimum atomic E-state index is -0.606. The van der Waals surface area contributed by atoms with E-state index in [1.807, 2.05) is 12.1 Å². The molecule has 8 nitrogen and oxygen atoms in total. The smallest absolute Gasteiger partial charge is 0.338 e. The molecule has 0 heterocycles. The number of hydrogen-bond donors (Lipinski definition) is 0. The number of benzene rings is 4. The van der Waals surface area contributed by atoms with Crippen molar-refractivity contribution in [3.05, 3.63) is 135 Å². The van der Waals surface area contributed by atoms with E-state index < -0.39 is 23.9 Å². The van der Waals surface area contributed by atoms with Gasteiger partial charge in [0, 0.05) is 34.4 Å². The summed E-state index contributed by atoms with van der Waals surface area (Å²) in [6.45, 7) is 17.6. The maximum atomic E-state index is 12.8. The SMILES string of the molecule is C=CC(=O)Oc1ccc(-c2ccc(-c3ccc(-c4ccc(OC(=O)C=C)cc4)c(OC(=O)C(=C)CC)c3)cc2OC(=O)C(=C)C)cc1. The van der Waals surface area contributed by atoms with E-state index in [0.717, 1.165) is 12.2 Å². The highest BCUT2D eigenvalue weighted by Crippen LogP contribution is 2.39. The summed E-state index contributed by atoms with van der Waals surface area (Å²) >= 11 is 0. The quantitative estimate of drug-likeness (QED) is 0.0878. The van der Waals surface area contributed by atoms with Gasteiger partial charge in [-0.1, -0.05) is 81.8 Å². The van der Waals surface area contributed by atoms with Crippen molar-refractivity contribution < 1.29 is 38.1 Å². The molecule has 0 aromatic heterocycles. The second-order valence-electron chi connectivity index (χ2n) is 10.2. The third-order valence-electron chi connectivity index (χ3n) is 6.87. The summed E-state index contributed by atoms with van der Waals surface area (Å²) in [6, 6.07) is 24.1. The van der Waals surface area contributed by atoms with E-state index in [9.17, 15) is 19.2 Å². The Bertz CT molecular complexity index is 1900. The van der Waals surface area contributed by atoms with Crippen molar-refractivity contribution in [3.8, 4) is 56.4 Å². The van der Waals surface area contributed by atoms with Crippen molar-refractivity contribution in [1.29, 1.82) is 0 Å². The van der Waals surface area contributed by atoms with E-state index in [-0.39, 0.29) is 17.1 Å². The van der Waals surface area contributed by atoms with Gasteiger partial charge in [-0.15, -0.1) is 0 Å². The maximum absolute atomic E-state index is 12.8. The van der Waals surface area contributed by atoms with Crippen LogP contribution >= 0.6 is 0 Å². The maximum Gasteiger partial charge on any atom is 0.338 e. The Kier molecular flexibility index (Phi) is 10.8. The van der Waals surface area contributed by atoms with Crippen LogP contribution in [0.15, 0.2) is 135 Å². The first-order valence-corrected chi connectivity index (χ1v) is 14.5. The fourth-order valence-electron chi connectivity index (χ4n) is 4.27. The highest BCUT2D eigenvalue weighted by molar-refractivity contribution is 5.93. The van der Waals surface area contributed by atoms with Gasteiger partial charge in [0.1, 0.15) is 23.0 Å². The van der Waals surface area contributed by atoms with Gasteiger partial charge in [0.15, 0.2) is 0 Å². The molecule has 236 valence electrons. The Morgan fingerprint density at radius 1 is 0.574 bits per heavy atom. The van der Waals surface area contributed by atoms with E-state index in [1.165, 1.54) is 0 Å². The van der Waals surface area contributed by atoms with E-state index in [0.29, 0.717) is 56.9 Å². The molecule has 0 saturated heterocycles. The number of hydrogen-bond acceptors (Lipinski definition) is 8. The van der Waals surface area contributed by atoms with Crippen LogP contribution in [0.25, 0.3) is 33.4 Å². The molecule has 0 fully saturated rings. The zero-order valence-corrected chi connectivity index (χ0v) is 26.0. The minimum absolute atomic E-state index is 0.216. The molecule has 0 atom stereocenters. The third kappa shape index (κ3) is 8.46. The monoisotopic (exact) mass is 628 g/mol. The van der Waals surface area contributed by atoms with Crippen LogP contribution in [0.4, 0.5) is 0 Å². The zero-order valence-electron chi connectivity index (χ0n) is 26.0. The van der Waals surface area contributed by atoms with Crippen molar-refractivity contribution in [2.24, 2.45) is 0 Å². The summed E-state index contributed by atoms with van der Waals surface area (Å²) in [6.07, 6.45) is 2.55. The molecule has 0 radical (unpaired) electrons. The van der Waals surface area contributed by atoms with Crippen LogP contribution in [0.2, 0.25) is 0 Å². The van der Waals surface area contributed by atoms with Gasteiger partial charge in [0.25, 0.3) is 0 Å². The normalized spacial score (nSPS) is 10.3. The molecule has 4 aromatic rings. The molecule has 0 bridgehead atoms. The molecule has 0 aliphatic rings. The highest BCUT2D eigenvalue weighted by Gasteiger charge is 2.18. The summed E-state index contributed by atoms with van der Waals surface area (Å²) in [4.78, 5) is 48.7. The number of rotatable bonds is 12. The molecular weight excluding hydrogens is 596 g/mol. The van der Waals surface area contributed by atoms with E-state index in [1.54, 1.807) is 86.6 Å². The second-order valence-corrected chi connectivity index (χ2v) is 10.2. The van der Waals surface area contributed by atoms with Crippen LogP contribution in [0, 0.1) is 0 Å². The minimum Gasteiger partial charge on any atom is -0.423 e. The summed E-state index contributed by atoms with van der Waals surface area (Å²) in [5.74, 6) is -1.15. The third-order valence-corrected chi connectivity index (χ3v) is 6.87. The van der Waals surface area contributed by atoms with Crippen LogP contribution in [-0.2, 0) is 19.2 Å². The molecule has 0 aliphatic heterocycles. The van der Waals surface area contributed by atoms with Crippen molar-refractivity contribution in [2.45, 2.75) is 20.3 Å². The largest absolute Gasteiger partial charge is 0.423 e. The van der Waals surface area contributed by atoms with Crippen LogP contribution < -0.4 is 18.9 Å². The Morgan fingerprint density at radius 2 is 0.957 bits per heavy atom. The molecule has 0 amide bonds. The van der Waals surface area contributed by atoms with Gasteiger partial charge in [-0.3, -0.25) is 0 Å². The average Bonchev–Trinajstić information content (AvgIpc) is 3.08. The van der Waals surface area contributed by atoms with E-state index >= 15 is 0 Å². The predicted octanol–water partition coefficient (Wildman–Crippen LogP) is 8.22. The number of ether oxygens (including phenoxy) is 4. The Balaban J connectivity index is 1.77. The fraction of sp³-hybridized carbons (Fsp3) is 0.0769. The zero-order chi connectivity index (χ0) is 34.1. The first-order valence-electron chi connectivity index (χ1n) is 14.5. The summed E-state index contributed by atoms with van der Waals surface area (Å²) < 4.78 is 21.9. The predicted molar refractivity (Wildman–Crippen MR) is 180 cm³/mol. The van der Waals surface area contributed by atoms with E-state index in [4.69, 9.17) is 18.9 Å². The van der Waals surface area contributed by atoms with Gasteiger partial charge in [0.2, 0.25) is 0 Å². The highest BCUT2D eigenvalue weighted by atomic mass is 16.5. The van der Waals surface area contributed by atoms with Crippen molar-refractivity contribution in [3.63, 3.8) is 0 Å². The molecule has 0 saturated carbocycles. The van der Waals surface area contributed by atoms with Gasteiger partial charge >= 0.3 is 23.9 Å². The second kappa shape index (κ2) is 15.1. The lowest BCUT2D eigenvalue weighted by Gasteiger charge is -2.16. The molecule has 0 aliphatic carbocycles. The molecular formula is C39H32O8. The molecule has 4 rings (SSSR count). The van der Waals surface area contributed by atoms with Gasteiger partial charge in [-0.2, -0.15) is 0 Å². The average molecular weight is 629 g/mol. The van der Waals surface area contributed by atoms with E-state index in [2.05, 4.69) is 26.3 Å². The van der Waals surface area contributed by atoms with Gasteiger partial charge in [-0.05, 0) is 72.0 Å². The van der Waals surface area contributed by atoms with Crippen LogP contribution in [0.5, 0.6) is 23.0 Å². The van der Waals surface area contributed by atoms with Crippen LogP contribution in [-0.4, -0.2) is 23.9 Å². The standard InChI is InChI=1S/C39H32O8/c1-7-25(6)39(43)47-35-23-29(15-21-33(35)27-12-18-31(19-13-27)45-37(41)9-3)28-14-20-32(34(22-28)46-38(42)24(4)5)26-10-16-30(17-11-26)44-36(40)8-2/h8-23H,2-4,6-7H2,1,5H3. The molecule has 4 aromatic carbocycles. The Hall–Kier alpha value is -6.28. The summed E-state index contributed by atoms with van der Waals surface area (Å²) in [5.41, 5.74) is 4.46. The lowest BCUT2D eigenvalue weighted by molar-refractivity contribution is -0.131. The first-order chi connectivity index (χ1) is 22.5. The van der Waals surface area contributed by atoms with Gasteiger partial charge in [0.05, 0.1) is 0 Å². The Labute approximate surface area is 272 Å². The van der Waals surface area contributed by atoms with Crippen molar-refractivity contribution in [1.82, 2.24) is 0 Å². The van der Waals surface area contributed by atoms with Crippen LogP contribution in [0.3, 0.4) is 0 Å². The lowest BCUT2D eigenvalue weighted by Crippen LogP contribution is -2.10. The lowest BCUT2D eigenvalue weighted by atomic mass is 9.96. The molecule has 8 heteroatoms. The molecule has 0 spiro atoms. The number of esters is 4. The Morgan fingerprint density at radius 3 is 1.32 bits per heavy atom. The van der Waals surface area contributed by atoms with Crippen molar-refractivity contribution in [2.75, 3.05) is 0 Å². The summed E-state index contributed by atoms with van der Waals surface area (Å²) in [5, 5.41) is 0. The van der Waals surface area contributed by atoms with Gasteiger partial charge in [-0.25, -0.2) is 19.2 Å². The number of carbonyl (C=O) groups excluding carboxylic acids is 4. The van der Waals surface area contributed by atoms with Gasteiger partial charge < -0.3 is 18.9 Å². The molecule has 0 N–H and O–H groups in total. The first kappa shape index (κ1) is 33.6. The topological polar surface area (TPSA) is 105 Å². The molecule has 0 unspecified atom stereocenters. The molecule has 47 heavy (non-hydrogen) atoms. The van der Waals surface area contributed by atoms with Crippen molar-refractivity contribution >= 4 is 23.9 Å². The fourth-order valence-corrected chi connectivity index (χ4v) is 4.27. The summed E-state index contributed by atoms with van der Waals surface area (Å²) in [7, 11) is 0. The number of carbonyl (C=O) groups is 4. The van der Waals surface area contributed by atoms with Crippen LogP contribution in [0.1, 0.15) is 20.3 Å².